The summed E-state index contributed by atoms with van der Waals surface area (Å²) in [6.45, 7) is 3.06. The van der Waals surface area contributed by atoms with E-state index in [1.165, 1.54) is 22.0 Å². The van der Waals surface area contributed by atoms with E-state index < -0.39 is 9.84 Å². The summed E-state index contributed by atoms with van der Waals surface area (Å²) < 4.78 is 25.1. The second-order valence-corrected chi connectivity index (χ2v) is 11.0. The van der Waals surface area contributed by atoms with E-state index in [9.17, 15) is 8.42 Å². The van der Waals surface area contributed by atoms with Crippen molar-refractivity contribution in [1.29, 1.82) is 0 Å². The van der Waals surface area contributed by atoms with E-state index in [2.05, 4.69) is 52.5 Å². The monoisotopic (exact) mass is 408 g/mol. The summed E-state index contributed by atoms with van der Waals surface area (Å²) in [6.07, 6.45) is 5.99. The minimum Gasteiger partial charge on any atom is -0.361 e. The summed E-state index contributed by atoms with van der Waals surface area (Å²) in [6, 6.07) is 16.8. The van der Waals surface area contributed by atoms with Gasteiger partial charge in [-0.15, -0.1) is 0 Å². The average Bonchev–Trinajstić information content (AvgIpc) is 3.28. The van der Waals surface area contributed by atoms with Crippen LogP contribution in [-0.2, 0) is 22.1 Å². The van der Waals surface area contributed by atoms with Crippen LogP contribution in [0, 0.1) is 0 Å². The van der Waals surface area contributed by atoms with Crippen LogP contribution in [-0.4, -0.2) is 36.6 Å². The zero-order valence-electron chi connectivity index (χ0n) is 16.7. The van der Waals surface area contributed by atoms with Gasteiger partial charge in [0.1, 0.15) is 0 Å². The molecular formula is C24H28N2O2S. The van der Waals surface area contributed by atoms with Crippen LogP contribution in [0.1, 0.15) is 48.3 Å². The van der Waals surface area contributed by atoms with Gasteiger partial charge in [-0.2, -0.15) is 0 Å². The van der Waals surface area contributed by atoms with E-state index in [4.69, 9.17) is 0 Å². The normalized spacial score (nSPS) is 20.9. The van der Waals surface area contributed by atoms with Crippen molar-refractivity contribution in [1.82, 2.24) is 9.88 Å². The summed E-state index contributed by atoms with van der Waals surface area (Å²) in [4.78, 5) is 5.88. The molecule has 1 saturated carbocycles. The fourth-order valence-corrected chi connectivity index (χ4v) is 6.70. The number of benzene rings is 2. The van der Waals surface area contributed by atoms with Gasteiger partial charge >= 0.3 is 0 Å². The molecule has 4 nitrogen and oxygen atoms in total. The molecule has 0 bridgehead atoms. The van der Waals surface area contributed by atoms with E-state index in [-0.39, 0.29) is 11.0 Å². The Morgan fingerprint density at radius 2 is 1.90 bits per heavy atom. The van der Waals surface area contributed by atoms with E-state index in [0.717, 1.165) is 50.9 Å². The van der Waals surface area contributed by atoms with Gasteiger partial charge in [0.05, 0.1) is 11.0 Å². The van der Waals surface area contributed by atoms with Crippen molar-refractivity contribution in [2.45, 2.75) is 49.1 Å². The van der Waals surface area contributed by atoms with Crippen molar-refractivity contribution in [2.24, 2.45) is 0 Å². The lowest BCUT2D eigenvalue weighted by Gasteiger charge is -2.25. The number of aromatic amines is 1. The molecule has 1 unspecified atom stereocenters. The first-order valence-electron chi connectivity index (χ1n) is 10.7. The van der Waals surface area contributed by atoms with Crippen molar-refractivity contribution in [3.05, 3.63) is 71.4 Å². The molecule has 1 atom stereocenters. The molecule has 1 aromatic heterocycles. The van der Waals surface area contributed by atoms with Gasteiger partial charge in [0.2, 0.25) is 0 Å². The van der Waals surface area contributed by atoms with Gasteiger partial charge in [0, 0.05) is 30.2 Å². The molecule has 0 amide bonds. The van der Waals surface area contributed by atoms with Crippen molar-refractivity contribution < 1.29 is 8.42 Å². The van der Waals surface area contributed by atoms with Gasteiger partial charge < -0.3 is 4.98 Å². The maximum atomic E-state index is 12.5. The Balaban J connectivity index is 1.26. The maximum absolute atomic E-state index is 12.5. The Morgan fingerprint density at radius 3 is 2.72 bits per heavy atom. The number of fused-ring (bicyclic) bond motifs is 1. The van der Waals surface area contributed by atoms with Crippen LogP contribution in [0.15, 0.2) is 54.7 Å². The third kappa shape index (κ3) is 3.86. The first-order valence-corrected chi connectivity index (χ1v) is 12.4. The molecule has 3 aromatic rings. The average molecular weight is 409 g/mol. The molecule has 0 radical (unpaired) electrons. The molecule has 152 valence electrons. The van der Waals surface area contributed by atoms with Crippen LogP contribution in [0.2, 0.25) is 0 Å². The van der Waals surface area contributed by atoms with E-state index in [1.54, 1.807) is 0 Å². The third-order valence-corrected chi connectivity index (χ3v) is 8.91. The highest BCUT2D eigenvalue weighted by molar-refractivity contribution is 7.91. The Labute approximate surface area is 172 Å². The lowest BCUT2D eigenvalue weighted by molar-refractivity contribution is 0.328. The second kappa shape index (κ2) is 7.62. The van der Waals surface area contributed by atoms with Crippen molar-refractivity contribution >= 4 is 20.7 Å². The standard InChI is InChI=1S/C24H28N2O2S/c27-29(28,22-7-4-8-22)17-18-5-3-6-19(13-18)20-11-12-26(15-20)16-21-14-25-24-10-2-1-9-23(21)24/h1-3,5-6,9-10,13-14,20,22,25H,4,7-8,11-12,15-17H2. The third-order valence-electron chi connectivity index (χ3n) is 6.69. The van der Waals surface area contributed by atoms with Crippen molar-refractivity contribution in [3.63, 3.8) is 0 Å². The lowest BCUT2D eigenvalue weighted by atomic mass is 9.97. The van der Waals surface area contributed by atoms with E-state index in [1.807, 2.05) is 12.1 Å². The van der Waals surface area contributed by atoms with Gasteiger partial charge in [-0.1, -0.05) is 48.9 Å². The maximum Gasteiger partial charge on any atom is 0.157 e. The second-order valence-electron chi connectivity index (χ2n) is 8.69. The van der Waals surface area contributed by atoms with E-state index in [0.29, 0.717) is 5.92 Å². The first kappa shape index (κ1) is 18.9. The molecular weight excluding hydrogens is 380 g/mol. The van der Waals surface area contributed by atoms with Crippen LogP contribution < -0.4 is 0 Å². The highest BCUT2D eigenvalue weighted by Crippen LogP contribution is 2.32. The minimum absolute atomic E-state index is 0.107. The Hall–Kier alpha value is -2.11. The number of likely N-dealkylation sites (tertiary alicyclic amines) is 1. The number of hydrogen-bond acceptors (Lipinski definition) is 3. The summed E-state index contributed by atoms with van der Waals surface area (Å²) in [5, 5.41) is 1.20. The molecule has 5 heteroatoms. The zero-order chi connectivity index (χ0) is 19.8. The lowest BCUT2D eigenvalue weighted by Crippen LogP contribution is -2.29. The molecule has 2 aliphatic rings. The van der Waals surface area contributed by atoms with Gasteiger partial charge in [-0.3, -0.25) is 4.90 Å². The summed E-state index contributed by atoms with van der Waals surface area (Å²) in [5.41, 5.74) is 4.78. The highest BCUT2D eigenvalue weighted by atomic mass is 32.2. The molecule has 29 heavy (non-hydrogen) atoms. The van der Waals surface area contributed by atoms with Crippen LogP contribution in [0.5, 0.6) is 0 Å². The summed E-state index contributed by atoms with van der Waals surface area (Å²) in [7, 11) is -3.00. The van der Waals surface area contributed by atoms with Gasteiger partial charge in [-0.25, -0.2) is 8.42 Å². The summed E-state index contributed by atoms with van der Waals surface area (Å²) in [5.74, 6) is 0.670. The largest absolute Gasteiger partial charge is 0.361 e. The molecule has 5 rings (SSSR count). The Bertz CT molecular complexity index is 1110. The molecule has 1 aliphatic carbocycles. The predicted octanol–water partition coefficient (Wildman–Crippen LogP) is 4.62. The number of H-pyrrole nitrogens is 1. The fraction of sp³-hybridized carbons (Fsp3) is 0.417. The van der Waals surface area contributed by atoms with Gasteiger partial charge in [0.15, 0.2) is 9.84 Å². The smallest absolute Gasteiger partial charge is 0.157 e. The molecule has 2 aromatic carbocycles. The molecule has 0 spiro atoms. The fourth-order valence-electron chi connectivity index (χ4n) is 4.77. The van der Waals surface area contributed by atoms with Crippen LogP contribution in [0.25, 0.3) is 10.9 Å². The minimum atomic E-state index is -3.00. The van der Waals surface area contributed by atoms with Crippen LogP contribution in [0.3, 0.4) is 0 Å². The SMILES string of the molecule is O=S(=O)(Cc1cccc(C2CCN(Cc3c[nH]c4ccccc34)C2)c1)C1CCC1. The number of sulfone groups is 1. The highest BCUT2D eigenvalue weighted by Gasteiger charge is 2.31. The number of nitrogens with zero attached hydrogens (tertiary/aromatic N) is 1. The van der Waals surface area contributed by atoms with Gasteiger partial charge in [0.25, 0.3) is 0 Å². The molecule has 1 aliphatic heterocycles. The zero-order valence-corrected chi connectivity index (χ0v) is 17.5. The first-order chi connectivity index (χ1) is 14.1. The van der Waals surface area contributed by atoms with E-state index >= 15 is 0 Å². The van der Waals surface area contributed by atoms with Crippen molar-refractivity contribution in [2.75, 3.05) is 13.1 Å². The quantitative estimate of drug-likeness (QED) is 0.647. The van der Waals surface area contributed by atoms with Crippen LogP contribution >= 0.6 is 0 Å². The Morgan fingerprint density at radius 1 is 1.03 bits per heavy atom. The topological polar surface area (TPSA) is 53.2 Å². The number of nitrogens with one attached hydrogen (secondary N) is 1. The summed E-state index contributed by atoms with van der Waals surface area (Å²) >= 11 is 0. The molecule has 2 fully saturated rings. The Kier molecular flexibility index (Phi) is 4.96. The molecule has 1 N–H and O–H groups in total. The van der Waals surface area contributed by atoms with Crippen LogP contribution in [0.4, 0.5) is 0 Å². The number of rotatable bonds is 6. The molecule has 1 saturated heterocycles. The molecule has 2 heterocycles. The van der Waals surface area contributed by atoms with Gasteiger partial charge in [-0.05, 0) is 54.5 Å². The van der Waals surface area contributed by atoms with Crippen molar-refractivity contribution in [3.8, 4) is 0 Å². The predicted molar refractivity (Wildman–Crippen MR) is 118 cm³/mol. The number of para-hydroxylation sites is 1. The number of hydrogen-bond donors (Lipinski definition) is 1. The number of aromatic nitrogens is 1.